The predicted octanol–water partition coefficient (Wildman–Crippen LogP) is 0.502. The van der Waals surface area contributed by atoms with Crippen molar-refractivity contribution in [2.75, 3.05) is 19.6 Å². The molecule has 1 atom stereocenters. The molecule has 1 saturated carbocycles. The molecule has 0 spiro atoms. The zero-order valence-electron chi connectivity index (χ0n) is 10.0. The van der Waals surface area contributed by atoms with E-state index in [0.717, 1.165) is 45.2 Å². The van der Waals surface area contributed by atoms with Crippen LogP contribution >= 0.6 is 0 Å². The number of nitrogens with zero attached hydrogens (tertiary/aromatic N) is 1. The van der Waals surface area contributed by atoms with Crippen LogP contribution in [0.25, 0.3) is 0 Å². The van der Waals surface area contributed by atoms with Crippen LogP contribution in [-0.4, -0.2) is 47.2 Å². The van der Waals surface area contributed by atoms with Crippen LogP contribution in [0.5, 0.6) is 0 Å². The first-order valence-corrected chi connectivity index (χ1v) is 6.35. The SMILES string of the molecule is C[C@H](NCC1(O)CCC1)C(=O)N1CCCC1. The summed E-state index contributed by atoms with van der Waals surface area (Å²) in [5.41, 5.74) is -0.542. The Bertz CT molecular complexity index is 258. The highest BCUT2D eigenvalue weighted by molar-refractivity contribution is 5.81. The highest BCUT2D eigenvalue weighted by atomic mass is 16.3. The molecule has 0 bridgehead atoms. The van der Waals surface area contributed by atoms with Crippen molar-refractivity contribution in [3.8, 4) is 0 Å². The van der Waals surface area contributed by atoms with Gasteiger partial charge in [-0.3, -0.25) is 4.79 Å². The lowest BCUT2D eigenvalue weighted by atomic mass is 9.80. The van der Waals surface area contributed by atoms with Crippen LogP contribution in [0, 0.1) is 0 Å². The zero-order chi connectivity index (χ0) is 11.6. The molecule has 0 aromatic carbocycles. The van der Waals surface area contributed by atoms with E-state index >= 15 is 0 Å². The largest absolute Gasteiger partial charge is 0.389 e. The molecule has 92 valence electrons. The average Bonchev–Trinajstić information content (AvgIpc) is 2.75. The summed E-state index contributed by atoms with van der Waals surface area (Å²) in [6.45, 7) is 4.24. The number of likely N-dealkylation sites (tertiary alicyclic amines) is 1. The molecule has 0 radical (unpaired) electrons. The first kappa shape index (κ1) is 11.9. The van der Waals surface area contributed by atoms with Crippen molar-refractivity contribution >= 4 is 5.91 Å². The van der Waals surface area contributed by atoms with E-state index in [2.05, 4.69) is 5.32 Å². The van der Waals surface area contributed by atoms with E-state index < -0.39 is 5.60 Å². The lowest BCUT2D eigenvalue weighted by Crippen LogP contribution is -2.52. The van der Waals surface area contributed by atoms with Gasteiger partial charge in [-0.1, -0.05) is 0 Å². The fourth-order valence-electron chi connectivity index (χ4n) is 2.40. The lowest BCUT2D eigenvalue weighted by Gasteiger charge is -2.37. The summed E-state index contributed by atoms with van der Waals surface area (Å²) in [6.07, 6.45) is 5.09. The summed E-state index contributed by atoms with van der Waals surface area (Å²) in [5.74, 6) is 0.181. The molecule has 16 heavy (non-hydrogen) atoms. The summed E-state index contributed by atoms with van der Waals surface area (Å²) in [4.78, 5) is 13.9. The molecule has 2 fully saturated rings. The maximum atomic E-state index is 12.0. The van der Waals surface area contributed by atoms with Crippen molar-refractivity contribution in [3.05, 3.63) is 0 Å². The van der Waals surface area contributed by atoms with Gasteiger partial charge in [-0.15, -0.1) is 0 Å². The molecular weight excluding hydrogens is 204 g/mol. The fraction of sp³-hybridized carbons (Fsp3) is 0.917. The van der Waals surface area contributed by atoms with Gasteiger partial charge in [0.25, 0.3) is 0 Å². The fourth-order valence-corrected chi connectivity index (χ4v) is 2.40. The van der Waals surface area contributed by atoms with Crippen molar-refractivity contribution in [1.82, 2.24) is 10.2 Å². The van der Waals surface area contributed by atoms with E-state index in [1.54, 1.807) is 0 Å². The molecule has 1 amide bonds. The first-order valence-electron chi connectivity index (χ1n) is 6.35. The number of rotatable bonds is 4. The van der Waals surface area contributed by atoms with Gasteiger partial charge < -0.3 is 15.3 Å². The van der Waals surface area contributed by atoms with Gasteiger partial charge in [0.1, 0.15) is 0 Å². The minimum atomic E-state index is -0.542. The van der Waals surface area contributed by atoms with Gasteiger partial charge in [0.2, 0.25) is 5.91 Å². The summed E-state index contributed by atoms with van der Waals surface area (Å²) in [5, 5.41) is 13.1. The summed E-state index contributed by atoms with van der Waals surface area (Å²) < 4.78 is 0. The third kappa shape index (κ3) is 2.55. The Kier molecular flexibility index (Phi) is 3.50. The smallest absolute Gasteiger partial charge is 0.239 e. The monoisotopic (exact) mass is 226 g/mol. The van der Waals surface area contributed by atoms with E-state index in [1.807, 2.05) is 11.8 Å². The van der Waals surface area contributed by atoms with Crippen molar-refractivity contribution < 1.29 is 9.90 Å². The molecule has 1 heterocycles. The average molecular weight is 226 g/mol. The number of amides is 1. The topological polar surface area (TPSA) is 52.6 Å². The van der Waals surface area contributed by atoms with E-state index in [4.69, 9.17) is 0 Å². The van der Waals surface area contributed by atoms with Gasteiger partial charge in [-0.2, -0.15) is 0 Å². The van der Waals surface area contributed by atoms with Crippen molar-refractivity contribution in [3.63, 3.8) is 0 Å². The Morgan fingerprint density at radius 3 is 2.50 bits per heavy atom. The molecule has 1 aliphatic heterocycles. The number of carbonyl (C=O) groups excluding carboxylic acids is 1. The van der Waals surface area contributed by atoms with Crippen molar-refractivity contribution in [2.24, 2.45) is 0 Å². The van der Waals surface area contributed by atoms with E-state index in [9.17, 15) is 9.90 Å². The molecule has 0 unspecified atom stereocenters. The van der Waals surface area contributed by atoms with Crippen LogP contribution in [0.2, 0.25) is 0 Å². The van der Waals surface area contributed by atoms with E-state index in [-0.39, 0.29) is 11.9 Å². The normalized spacial score (nSPS) is 25.2. The minimum absolute atomic E-state index is 0.164. The van der Waals surface area contributed by atoms with E-state index in [1.165, 1.54) is 0 Å². The molecule has 2 rings (SSSR count). The highest BCUT2D eigenvalue weighted by Gasteiger charge is 2.35. The van der Waals surface area contributed by atoms with Crippen LogP contribution < -0.4 is 5.32 Å². The third-order valence-corrected chi connectivity index (χ3v) is 3.81. The number of aliphatic hydroxyl groups is 1. The standard InChI is InChI=1S/C12H22N2O2/c1-10(11(15)14-7-2-3-8-14)13-9-12(16)5-4-6-12/h10,13,16H,2-9H2,1H3/t10-/m0/s1. The first-order chi connectivity index (χ1) is 7.61. The molecule has 4 nitrogen and oxygen atoms in total. The molecule has 1 aliphatic carbocycles. The van der Waals surface area contributed by atoms with Gasteiger partial charge in [0, 0.05) is 19.6 Å². The molecule has 0 aromatic heterocycles. The zero-order valence-corrected chi connectivity index (χ0v) is 10.0. The second-order valence-electron chi connectivity index (χ2n) is 5.21. The molecule has 2 aliphatic rings. The number of hydrogen-bond acceptors (Lipinski definition) is 3. The highest BCUT2D eigenvalue weighted by Crippen LogP contribution is 2.30. The van der Waals surface area contributed by atoms with Gasteiger partial charge in [-0.05, 0) is 39.0 Å². The maximum absolute atomic E-state index is 12.0. The maximum Gasteiger partial charge on any atom is 0.239 e. The van der Waals surface area contributed by atoms with Crippen LogP contribution in [0.3, 0.4) is 0 Å². The number of nitrogens with one attached hydrogen (secondary N) is 1. The van der Waals surface area contributed by atoms with Crippen LogP contribution in [-0.2, 0) is 4.79 Å². The molecule has 1 saturated heterocycles. The number of hydrogen-bond donors (Lipinski definition) is 2. The van der Waals surface area contributed by atoms with Gasteiger partial charge in [0.15, 0.2) is 0 Å². The third-order valence-electron chi connectivity index (χ3n) is 3.81. The summed E-state index contributed by atoms with van der Waals surface area (Å²) >= 11 is 0. The van der Waals surface area contributed by atoms with Crippen LogP contribution in [0.15, 0.2) is 0 Å². The molecule has 2 N–H and O–H groups in total. The Labute approximate surface area is 97.0 Å². The Morgan fingerprint density at radius 2 is 2.00 bits per heavy atom. The predicted molar refractivity (Wildman–Crippen MR) is 62.1 cm³/mol. The van der Waals surface area contributed by atoms with Crippen LogP contribution in [0.1, 0.15) is 39.0 Å². The summed E-state index contributed by atoms with van der Waals surface area (Å²) in [7, 11) is 0. The van der Waals surface area contributed by atoms with Gasteiger partial charge in [-0.25, -0.2) is 0 Å². The van der Waals surface area contributed by atoms with Gasteiger partial charge in [0.05, 0.1) is 11.6 Å². The van der Waals surface area contributed by atoms with Crippen molar-refractivity contribution in [1.29, 1.82) is 0 Å². The van der Waals surface area contributed by atoms with Crippen molar-refractivity contribution in [2.45, 2.75) is 50.7 Å². The quantitative estimate of drug-likeness (QED) is 0.734. The molecule has 0 aromatic rings. The summed E-state index contributed by atoms with van der Waals surface area (Å²) in [6, 6.07) is -0.164. The number of carbonyl (C=O) groups is 1. The second-order valence-corrected chi connectivity index (χ2v) is 5.21. The Balaban J connectivity index is 1.74. The Hall–Kier alpha value is -0.610. The Morgan fingerprint density at radius 1 is 1.38 bits per heavy atom. The molecular formula is C12H22N2O2. The lowest BCUT2D eigenvalue weighted by molar-refractivity contribution is -0.132. The van der Waals surface area contributed by atoms with Gasteiger partial charge >= 0.3 is 0 Å². The second kappa shape index (κ2) is 4.72. The minimum Gasteiger partial charge on any atom is -0.389 e. The van der Waals surface area contributed by atoms with E-state index in [0.29, 0.717) is 6.54 Å². The molecule has 4 heteroatoms. The van der Waals surface area contributed by atoms with Crippen LogP contribution in [0.4, 0.5) is 0 Å².